The Morgan fingerprint density at radius 3 is 0.792 bits per heavy atom. The standard InChI is InChI=1S/C82H126O15P4/c1-74(2,3)56-37-50(38-57(69(56)89)75(4,5)6)25-29-65(85)93-46-82(47-94-66(86)30-26-51-39-58(76(7,8)9)70(90)59(40-51)77(10,11)12,48-95-67(87)31-27-52-41-60(78(13,14)15)71(91)61(42-52)79(16,17)18)49-96-68(88)32-28-53-43-62(80(19,20)21)72(63(44-53)81(22,23)24)97-73(92)55(45-64(83)84)54(33-35-100-98)34-36-101-99/h37-44,54-55,89-91,100-101H,25-36,45-49,98-99H2,1-24H3,(H,83,84). The largest absolute Gasteiger partial charge is 0.507 e. The van der Waals surface area contributed by atoms with Gasteiger partial charge in [0.15, 0.2) is 0 Å². The van der Waals surface area contributed by atoms with E-state index in [1.165, 1.54) is 0 Å². The number of phenolic OH excluding ortho intramolecular Hbond substituents is 3. The van der Waals surface area contributed by atoms with Gasteiger partial charge in [-0.2, -0.15) is 0 Å². The molecule has 0 fully saturated rings. The fourth-order valence-electron chi connectivity index (χ4n) is 12.4. The van der Waals surface area contributed by atoms with Gasteiger partial charge in [0, 0.05) is 36.8 Å². The minimum Gasteiger partial charge on any atom is -0.507 e. The van der Waals surface area contributed by atoms with E-state index in [2.05, 4.69) is 17.9 Å². The highest BCUT2D eigenvalue weighted by molar-refractivity contribution is 8.03. The normalized spacial score (nSPS) is 13.8. The summed E-state index contributed by atoms with van der Waals surface area (Å²) >= 11 is 0. The second-order valence-electron chi connectivity index (χ2n) is 36.2. The van der Waals surface area contributed by atoms with E-state index in [0.717, 1.165) is 68.0 Å². The van der Waals surface area contributed by atoms with E-state index in [4.69, 9.17) is 23.7 Å². The first kappa shape index (κ1) is 88.2. The molecule has 564 valence electrons. The van der Waals surface area contributed by atoms with Gasteiger partial charge in [0.1, 0.15) is 54.8 Å². The zero-order valence-corrected chi connectivity index (χ0v) is 70.0. The third kappa shape index (κ3) is 26.7. The van der Waals surface area contributed by atoms with Crippen LogP contribution in [0.1, 0.15) is 278 Å². The monoisotopic (exact) mass is 1470 g/mol. The number of hydrogen-bond acceptors (Lipinski definition) is 14. The third-order valence-corrected chi connectivity index (χ3v) is 21.4. The molecule has 0 saturated carbocycles. The molecule has 0 radical (unpaired) electrons. The van der Waals surface area contributed by atoms with Gasteiger partial charge in [0.25, 0.3) is 0 Å². The van der Waals surface area contributed by atoms with Gasteiger partial charge in [0.05, 0.1) is 12.3 Å². The van der Waals surface area contributed by atoms with E-state index in [-0.39, 0.29) is 81.0 Å². The maximum absolute atomic E-state index is 14.6. The van der Waals surface area contributed by atoms with E-state index in [0.29, 0.717) is 46.3 Å². The van der Waals surface area contributed by atoms with Gasteiger partial charge < -0.3 is 44.1 Å². The van der Waals surface area contributed by atoms with E-state index in [1.807, 2.05) is 215 Å². The minimum absolute atomic E-state index is 0.0988. The maximum atomic E-state index is 14.6. The number of carbonyl (C=O) groups is 6. The maximum Gasteiger partial charge on any atom is 0.315 e. The number of aromatic hydroxyl groups is 3. The lowest BCUT2D eigenvalue weighted by Gasteiger charge is -2.32. The summed E-state index contributed by atoms with van der Waals surface area (Å²) in [5.41, 5.74) is 3.58. The molecule has 4 aromatic carbocycles. The topological polar surface area (TPSA) is 229 Å². The number of carboxylic acid groups (broad SMARTS) is 1. The number of carbonyl (C=O) groups excluding carboxylic acids is 5. The minimum atomic E-state index is -1.66. The molecule has 0 aliphatic heterocycles. The van der Waals surface area contributed by atoms with E-state index < -0.39 is 117 Å². The Bertz CT molecular complexity index is 3140. The number of hydrogen-bond donors (Lipinski definition) is 4. The van der Waals surface area contributed by atoms with Gasteiger partial charge >= 0.3 is 35.8 Å². The number of ether oxygens (including phenoxy) is 5. The van der Waals surface area contributed by atoms with Crippen molar-refractivity contribution >= 4 is 70.2 Å². The van der Waals surface area contributed by atoms with E-state index in [1.54, 1.807) is 0 Å². The Kier molecular flexibility index (Phi) is 31.2. The van der Waals surface area contributed by atoms with Crippen LogP contribution >= 0.6 is 34.4 Å². The van der Waals surface area contributed by atoms with Crippen LogP contribution in [0.15, 0.2) is 48.5 Å². The predicted octanol–water partition coefficient (Wildman–Crippen LogP) is 18.5. The van der Waals surface area contributed by atoms with Crippen LogP contribution < -0.4 is 4.74 Å². The number of benzene rings is 4. The summed E-state index contributed by atoms with van der Waals surface area (Å²) in [6.07, 6.45) is 3.15. The summed E-state index contributed by atoms with van der Waals surface area (Å²) in [5.74, 6) is -4.27. The summed E-state index contributed by atoms with van der Waals surface area (Å²) in [6.45, 7) is 46.3. The van der Waals surface area contributed by atoms with E-state index >= 15 is 0 Å². The quantitative estimate of drug-likeness (QED) is 0.0159. The SMILES string of the molecule is CC(C)(C)c1cc(CCC(=O)OCC(COC(=O)CCc2cc(C(C)(C)C)c(O)c(C(C)(C)C)c2)(COC(=O)CCc2cc(C(C)(C)C)c(O)c(C(C)(C)C)c2)COC(=O)CCc2cc(C(C)(C)C)c(OC(=O)C(CC(=O)O)C(CCPP)CCPP)c(C(C)(C)C)c2)cc(C(C)(C)C)c1O. The van der Waals surface area contributed by atoms with Crippen LogP contribution in [0.3, 0.4) is 0 Å². The first-order chi connectivity index (χ1) is 46.1. The number of carboxylic acids is 1. The molecular weight excluding hydrogens is 1350 g/mol. The first-order valence-corrected chi connectivity index (χ1v) is 41.9. The van der Waals surface area contributed by atoms with Crippen molar-refractivity contribution < 1.29 is 72.9 Å². The Hall–Kier alpha value is -5.18. The molecule has 0 aliphatic rings. The number of rotatable bonds is 31. The van der Waals surface area contributed by atoms with Crippen LogP contribution in [-0.4, -0.2) is 95.0 Å². The number of aryl methyl sites for hydroxylation is 4. The van der Waals surface area contributed by atoms with Crippen molar-refractivity contribution in [3.8, 4) is 23.0 Å². The van der Waals surface area contributed by atoms with Crippen molar-refractivity contribution in [2.24, 2.45) is 17.3 Å². The van der Waals surface area contributed by atoms with Crippen LogP contribution in [0.2, 0.25) is 0 Å². The van der Waals surface area contributed by atoms with E-state index in [9.17, 15) is 49.2 Å². The van der Waals surface area contributed by atoms with Crippen LogP contribution in [-0.2, 0) is 117 Å². The van der Waals surface area contributed by atoms with Crippen LogP contribution in [0, 0.1) is 17.3 Å². The van der Waals surface area contributed by atoms with Gasteiger partial charge in [-0.05, 0) is 156 Å². The molecule has 0 bridgehead atoms. The molecule has 0 aromatic heterocycles. The highest BCUT2D eigenvalue weighted by Gasteiger charge is 2.40. The Labute approximate surface area is 614 Å². The summed E-state index contributed by atoms with van der Waals surface area (Å²) < 4.78 is 31.2. The fourth-order valence-corrected chi connectivity index (χ4v) is 14.4. The Morgan fingerprint density at radius 1 is 0.376 bits per heavy atom. The molecule has 4 rings (SSSR count). The van der Waals surface area contributed by atoms with Crippen LogP contribution in [0.4, 0.5) is 0 Å². The molecule has 0 heterocycles. The van der Waals surface area contributed by atoms with Crippen molar-refractivity contribution in [2.75, 3.05) is 38.8 Å². The lowest BCUT2D eigenvalue weighted by Crippen LogP contribution is -2.44. The van der Waals surface area contributed by atoms with Crippen molar-refractivity contribution in [3.63, 3.8) is 0 Å². The molecule has 0 saturated heterocycles. The average molecular weight is 1480 g/mol. The molecule has 0 aliphatic carbocycles. The van der Waals surface area contributed by atoms with Gasteiger partial charge in [-0.3, -0.25) is 28.8 Å². The number of phenols is 3. The molecule has 4 aromatic rings. The number of aliphatic carboxylic acids is 1. The highest BCUT2D eigenvalue weighted by atomic mass is 32.0. The summed E-state index contributed by atoms with van der Waals surface area (Å²) in [4.78, 5) is 84.5. The summed E-state index contributed by atoms with van der Waals surface area (Å²) in [7, 11) is 6.62. The molecule has 5 atom stereocenters. The Balaban J connectivity index is 1.84. The van der Waals surface area contributed by atoms with Gasteiger partial charge in [-0.1, -0.05) is 215 Å². The highest BCUT2D eigenvalue weighted by Crippen LogP contribution is 2.46. The van der Waals surface area contributed by atoms with Gasteiger partial charge in [0.2, 0.25) is 0 Å². The third-order valence-electron chi connectivity index (χ3n) is 18.5. The summed E-state index contributed by atoms with van der Waals surface area (Å²) in [6, 6.07) is 15.3. The van der Waals surface area contributed by atoms with Crippen LogP contribution in [0.5, 0.6) is 23.0 Å². The molecule has 0 spiro atoms. The Morgan fingerprint density at radius 2 is 0.594 bits per heavy atom. The zero-order chi connectivity index (χ0) is 77.0. The molecule has 4 N–H and O–H groups in total. The molecule has 5 unspecified atom stereocenters. The lowest BCUT2D eigenvalue weighted by molar-refractivity contribution is -0.170. The second kappa shape index (κ2) is 35.7. The number of esters is 5. The zero-order valence-electron chi connectivity index (χ0n) is 65.7. The fraction of sp³-hybridized carbons (Fsp3) is 0.634. The first-order valence-electron chi connectivity index (χ1n) is 35.8. The molecule has 101 heavy (non-hydrogen) atoms. The van der Waals surface area contributed by atoms with Crippen molar-refractivity contribution in [1.29, 1.82) is 0 Å². The van der Waals surface area contributed by atoms with Crippen LogP contribution in [0.25, 0.3) is 0 Å². The molecule has 0 amide bonds. The molecule has 15 nitrogen and oxygen atoms in total. The average Bonchev–Trinajstić information content (AvgIpc) is 0.802. The van der Waals surface area contributed by atoms with Crippen molar-refractivity contribution in [3.05, 3.63) is 115 Å². The van der Waals surface area contributed by atoms with Crippen molar-refractivity contribution in [1.82, 2.24) is 0 Å². The molecular formula is C82H126O15P4. The second-order valence-corrected chi connectivity index (χ2v) is 40.4. The van der Waals surface area contributed by atoms with Crippen molar-refractivity contribution in [2.45, 2.75) is 280 Å². The molecule has 19 heteroatoms. The van der Waals surface area contributed by atoms with Gasteiger partial charge in [-0.25, -0.2) is 0 Å². The summed E-state index contributed by atoms with van der Waals surface area (Å²) in [5, 5.41) is 44.7. The predicted molar refractivity (Wildman–Crippen MR) is 420 cm³/mol. The smallest absolute Gasteiger partial charge is 0.315 e. The van der Waals surface area contributed by atoms with Gasteiger partial charge in [-0.15, -0.1) is 34.4 Å². The lowest BCUT2D eigenvalue weighted by atomic mass is 9.77.